The molecule has 1 heterocycles. The fourth-order valence-electron chi connectivity index (χ4n) is 2.58. The van der Waals surface area contributed by atoms with Gasteiger partial charge in [-0.2, -0.15) is 0 Å². The van der Waals surface area contributed by atoms with E-state index in [1.807, 2.05) is 0 Å². The maximum atomic E-state index is 3.52. The van der Waals surface area contributed by atoms with E-state index in [0.717, 1.165) is 13.1 Å². The molecule has 0 bridgehead atoms. The van der Waals surface area contributed by atoms with Gasteiger partial charge < -0.3 is 15.1 Å². The number of hydrogen-bond acceptors (Lipinski definition) is 3. The summed E-state index contributed by atoms with van der Waals surface area (Å²) in [7, 11) is 2.22. The molecule has 0 aromatic heterocycles. The fraction of sp³-hybridized carbons (Fsp3) is 0.625. The summed E-state index contributed by atoms with van der Waals surface area (Å²) in [5.74, 6) is 0. The number of benzene rings is 1. The molecule has 0 radical (unpaired) electrons. The Morgan fingerprint density at radius 1 is 1.16 bits per heavy atom. The first-order valence-corrected chi connectivity index (χ1v) is 7.46. The number of para-hydroxylation sites is 1. The Hall–Kier alpha value is -1.06. The van der Waals surface area contributed by atoms with Gasteiger partial charge in [0.15, 0.2) is 0 Å². The Morgan fingerprint density at radius 3 is 2.63 bits per heavy atom. The van der Waals surface area contributed by atoms with Gasteiger partial charge in [-0.3, -0.25) is 0 Å². The summed E-state index contributed by atoms with van der Waals surface area (Å²) in [6, 6.07) is 8.48. The number of hydrogen-bond donors (Lipinski definition) is 1. The molecule has 3 heteroatoms. The molecule has 1 aliphatic heterocycles. The third-order valence-electron chi connectivity index (χ3n) is 3.95. The smallest absolute Gasteiger partial charge is 0.0370 e. The van der Waals surface area contributed by atoms with Crippen molar-refractivity contribution in [3.8, 4) is 0 Å². The third-order valence-corrected chi connectivity index (χ3v) is 3.95. The number of anilines is 1. The highest BCUT2D eigenvalue weighted by Crippen LogP contribution is 2.12. The van der Waals surface area contributed by atoms with Gasteiger partial charge in [0.1, 0.15) is 0 Å². The SMILES string of the molecule is Cc1ccccc1NCCN(C)CCN1CCCC1. The lowest BCUT2D eigenvalue weighted by molar-refractivity contribution is 0.262. The highest BCUT2D eigenvalue weighted by molar-refractivity contribution is 5.50. The summed E-state index contributed by atoms with van der Waals surface area (Å²) in [4.78, 5) is 4.99. The Morgan fingerprint density at radius 2 is 1.89 bits per heavy atom. The van der Waals surface area contributed by atoms with E-state index in [2.05, 4.69) is 53.4 Å². The van der Waals surface area contributed by atoms with E-state index in [-0.39, 0.29) is 0 Å². The number of aryl methyl sites for hydroxylation is 1. The second kappa shape index (κ2) is 7.51. The first-order valence-electron chi connectivity index (χ1n) is 7.46. The number of nitrogens with zero attached hydrogens (tertiary/aromatic N) is 2. The first-order chi connectivity index (χ1) is 9.25. The summed E-state index contributed by atoms with van der Waals surface area (Å²) in [6.45, 7) is 9.27. The van der Waals surface area contributed by atoms with Crippen LogP contribution in [0.1, 0.15) is 18.4 Å². The van der Waals surface area contributed by atoms with Crippen LogP contribution in [0.2, 0.25) is 0 Å². The molecule has 1 fully saturated rings. The Bertz CT molecular complexity index is 372. The predicted molar refractivity (Wildman–Crippen MR) is 82.8 cm³/mol. The van der Waals surface area contributed by atoms with E-state index >= 15 is 0 Å². The number of likely N-dealkylation sites (N-methyl/N-ethyl adjacent to an activating group) is 1. The number of likely N-dealkylation sites (tertiary alicyclic amines) is 1. The van der Waals surface area contributed by atoms with Crippen molar-refractivity contribution in [2.45, 2.75) is 19.8 Å². The van der Waals surface area contributed by atoms with Crippen molar-refractivity contribution in [3.05, 3.63) is 29.8 Å². The van der Waals surface area contributed by atoms with Crippen LogP contribution in [0.4, 0.5) is 5.69 Å². The van der Waals surface area contributed by atoms with Gasteiger partial charge in [0.25, 0.3) is 0 Å². The Labute approximate surface area is 117 Å². The summed E-state index contributed by atoms with van der Waals surface area (Å²) in [5.41, 5.74) is 2.58. The van der Waals surface area contributed by atoms with Crippen LogP contribution in [0.25, 0.3) is 0 Å². The van der Waals surface area contributed by atoms with E-state index in [1.165, 1.54) is 50.3 Å². The van der Waals surface area contributed by atoms with Crippen LogP contribution >= 0.6 is 0 Å². The van der Waals surface area contributed by atoms with E-state index < -0.39 is 0 Å². The molecule has 106 valence electrons. The van der Waals surface area contributed by atoms with Crippen LogP contribution in [-0.2, 0) is 0 Å². The van der Waals surface area contributed by atoms with Crippen LogP contribution in [0, 0.1) is 6.92 Å². The molecule has 1 aliphatic rings. The first kappa shape index (κ1) is 14.4. The molecule has 1 saturated heterocycles. The van der Waals surface area contributed by atoms with Crippen molar-refractivity contribution in [2.75, 3.05) is 51.6 Å². The monoisotopic (exact) mass is 261 g/mol. The van der Waals surface area contributed by atoms with E-state index in [4.69, 9.17) is 0 Å². The van der Waals surface area contributed by atoms with Crippen LogP contribution in [0.15, 0.2) is 24.3 Å². The largest absolute Gasteiger partial charge is 0.384 e. The van der Waals surface area contributed by atoms with Crippen molar-refractivity contribution in [3.63, 3.8) is 0 Å². The summed E-state index contributed by atoms with van der Waals surface area (Å²) in [5, 5.41) is 3.52. The average molecular weight is 261 g/mol. The van der Waals surface area contributed by atoms with E-state index in [1.54, 1.807) is 0 Å². The molecule has 0 unspecified atom stereocenters. The van der Waals surface area contributed by atoms with Crippen molar-refractivity contribution < 1.29 is 0 Å². The summed E-state index contributed by atoms with van der Waals surface area (Å²) in [6.07, 6.45) is 2.77. The van der Waals surface area contributed by atoms with E-state index in [9.17, 15) is 0 Å². The fourth-order valence-corrected chi connectivity index (χ4v) is 2.58. The highest BCUT2D eigenvalue weighted by atomic mass is 15.2. The molecular formula is C16H27N3. The molecule has 0 aliphatic carbocycles. The van der Waals surface area contributed by atoms with Gasteiger partial charge in [-0.05, 0) is 51.5 Å². The zero-order valence-electron chi connectivity index (χ0n) is 12.4. The van der Waals surface area contributed by atoms with Crippen molar-refractivity contribution in [2.24, 2.45) is 0 Å². The van der Waals surface area contributed by atoms with Gasteiger partial charge in [0.2, 0.25) is 0 Å². The second-order valence-electron chi connectivity index (χ2n) is 5.59. The quantitative estimate of drug-likeness (QED) is 0.813. The standard InChI is InChI=1S/C16H27N3/c1-15-7-3-4-8-16(15)17-9-12-18(2)13-14-19-10-5-6-11-19/h3-4,7-8,17H,5-6,9-14H2,1-2H3. The van der Waals surface area contributed by atoms with Crippen molar-refractivity contribution in [1.82, 2.24) is 9.80 Å². The topological polar surface area (TPSA) is 18.5 Å². The van der Waals surface area contributed by atoms with E-state index in [0.29, 0.717) is 0 Å². The third kappa shape index (κ3) is 4.84. The molecule has 2 rings (SSSR count). The molecule has 1 N–H and O–H groups in total. The van der Waals surface area contributed by atoms with Crippen molar-refractivity contribution in [1.29, 1.82) is 0 Å². The van der Waals surface area contributed by atoms with Crippen LogP contribution in [0.5, 0.6) is 0 Å². The van der Waals surface area contributed by atoms with Gasteiger partial charge in [0.05, 0.1) is 0 Å². The van der Waals surface area contributed by atoms with Gasteiger partial charge in [0, 0.05) is 31.9 Å². The summed E-state index contributed by atoms with van der Waals surface area (Å²) >= 11 is 0. The zero-order valence-corrected chi connectivity index (χ0v) is 12.4. The minimum absolute atomic E-state index is 1.02. The van der Waals surface area contributed by atoms with Gasteiger partial charge in [-0.15, -0.1) is 0 Å². The molecule has 0 spiro atoms. The Kier molecular flexibility index (Phi) is 5.67. The summed E-state index contributed by atoms with van der Waals surface area (Å²) < 4.78 is 0. The van der Waals surface area contributed by atoms with Crippen LogP contribution < -0.4 is 5.32 Å². The lowest BCUT2D eigenvalue weighted by Crippen LogP contribution is -2.33. The zero-order chi connectivity index (χ0) is 13.5. The molecule has 3 nitrogen and oxygen atoms in total. The number of rotatable bonds is 7. The number of nitrogens with one attached hydrogen (secondary N) is 1. The van der Waals surface area contributed by atoms with Crippen LogP contribution in [-0.4, -0.2) is 56.1 Å². The normalized spacial score (nSPS) is 16.2. The maximum absolute atomic E-state index is 3.52. The minimum Gasteiger partial charge on any atom is -0.384 e. The maximum Gasteiger partial charge on any atom is 0.0370 e. The van der Waals surface area contributed by atoms with Crippen molar-refractivity contribution >= 4 is 5.69 Å². The van der Waals surface area contributed by atoms with Crippen LogP contribution in [0.3, 0.4) is 0 Å². The molecule has 0 saturated carbocycles. The minimum atomic E-state index is 1.02. The molecule has 0 amide bonds. The molecule has 1 aromatic carbocycles. The molecule has 1 aromatic rings. The second-order valence-corrected chi connectivity index (χ2v) is 5.59. The van der Waals surface area contributed by atoms with Gasteiger partial charge >= 0.3 is 0 Å². The molecule has 0 atom stereocenters. The Balaban J connectivity index is 1.61. The molecular weight excluding hydrogens is 234 g/mol. The molecule has 19 heavy (non-hydrogen) atoms. The lowest BCUT2D eigenvalue weighted by Gasteiger charge is -2.21. The van der Waals surface area contributed by atoms with Gasteiger partial charge in [-0.1, -0.05) is 18.2 Å². The highest BCUT2D eigenvalue weighted by Gasteiger charge is 2.11. The average Bonchev–Trinajstić information content (AvgIpc) is 2.92. The predicted octanol–water partition coefficient (Wildman–Crippen LogP) is 2.43. The van der Waals surface area contributed by atoms with Gasteiger partial charge in [-0.25, -0.2) is 0 Å². The lowest BCUT2D eigenvalue weighted by atomic mass is 10.2.